The van der Waals surface area contributed by atoms with E-state index in [1.807, 2.05) is 0 Å². The maximum atomic E-state index is 13.1. The molecular weight excluding hydrogens is 556 g/mol. The highest BCUT2D eigenvalue weighted by atomic mass is 16.5. The van der Waals surface area contributed by atoms with E-state index in [9.17, 15) is 28.8 Å². The van der Waals surface area contributed by atoms with Gasteiger partial charge in [-0.1, -0.05) is 25.3 Å². The SMILES string of the molecule is NC1CCN(CCC(=O)NCCCCCCCNC(=O)COc2cccc3c2C(=O)N(C2CCC(=O)NC2=O)C3=O)CC1. The lowest BCUT2D eigenvalue weighted by atomic mass is 10.0. The Morgan fingerprint density at radius 2 is 1.58 bits per heavy atom. The quantitative estimate of drug-likeness (QED) is 0.165. The van der Waals surface area contributed by atoms with Gasteiger partial charge < -0.3 is 26.0 Å². The second-order valence-electron chi connectivity index (χ2n) is 11.3. The van der Waals surface area contributed by atoms with Crippen molar-refractivity contribution in [2.45, 2.75) is 76.3 Å². The Balaban J connectivity index is 1.07. The minimum atomic E-state index is -1.07. The van der Waals surface area contributed by atoms with E-state index in [1.54, 1.807) is 6.07 Å². The molecule has 0 aliphatic carbocycles. The zero-order valence-corrected chi connectivity index (χ0v) is 24.5. The third-order valence-corrected chi connectivity index (χ3v) is 8.07. The highest BCUT2D eigenvalue weighted by Crippen LogP contribution is 2.33. The van der Waals surface area contributed by atoms with Crippen molar-refractivity contribution in [3.8, 4) is 5.75 Å². The molecule has 3 aliphatic heterocycles. The molecule has 0 spiro atoms. The van der Waals surface area contributed by atoms with Crippen LogP contribution in [0.2, 0.25) is 0 Å². The van der Waals surface area contributed by atoms with Gasteiger partial charge in [0.15, 0.2) is 6.61 Å². The van der Waals surface area contributed by atoms with Gasteiger partial charge in [0.1, 0.15) is 11.8 Å². The Morgan fingerprint density at radius 3 is 2.28 bits per heavy atom. The van der Waals surface area contributed by atoms with E-state index in [0.29, 0.717) is 25.6 Å². The Hall–Kier alpha value is -3.84. The molecule has 5 N–H and O–H groups in total. The average molecular weight is 599 g/mol. The van der Waals surface area contributed by atoms with Crippen LogP contribution in [0.5, 0.6) is 5.75 Å². The summed E-state index contributed by atoms with van der Waals surface area (Å²) in [7, 11) is 0. The average Bonchev–Trinajstić information content (AvgIpc) is 3.24. The number of hydrogen-bond acceptors (Lipinski definition) is 9. The van der Waals surface area contributed by atoms with Crippen molar-refractivity contribution >= 4 is 35.4 Å². The van der Waals surface area contributed by atoms with Gasteiger partial charge in [0.25, 0.3) is 17.7 Å². The van der Waals surface area contributed by atoms with Crippen LogP contribution in [0.25, 0.3) is 0 Å². The number of carbonyl (C=O) groups excluding carboxylic acids is 6. The van der Waals surface area contributed by atoms with Gasteiger partial charge in [-0.05, 0) is 57.3 Å². The van der Waals surface area contributed by atoms with E-state index in [0.717, 1.165) is 69.5 Å². The van der Waals surface area contributed by atoms with E-state index in [1.165, 1.54) is 12.1 Å². The van der Waals surface area contributed by atoms with Gasteiger partial charge >= 0.3 is 0 Å². The first kappa shape index (κ1) is 32.1. The maximum absolute atomic E-state index is 13.1. The van der Waals surface area contributed by atoms with Crippen molar-refractivity contribution in [2.24, 2.45) is 5.73 Å². The molecule has 4 rings (SSSR count). The number of piperidine rings is 2. The summed E-state index contributed by atoms with van der Waals surface area (Å²) in [5.74, 6) is -2.64. The molecule has 3 aliphatic rings. The minimum absolute atomic E-state index is 0.00777. The monoisotopic (exact) mass is 598 g/mol. The molecule has 2 saturated heterocycles. The van der Waals surface area contributed by atoms with Gasteiger partial charge in [-0.25, -0.2) is 0 Å². The Bertz CT molecular complexity index is 1210. The summed E-state index contributed by atoms with van der Waals surface area (Å²) in [6.07, 6.45) is 7.21. The maximum Gasteiger partial charge on any atom is 0.266 e. The molecule has 1 atom stereocenters. The highest BCUT2D eigenvalue weighted by molar-refractivity contribution is 6.24. The topological polar surface area (TPSA) is 180 Å². The van der Waals surface area contributed by atoms with Crippen LogP contribution < -0.4 is 26.4 Å². The van der Waals surface area contributed by atoms with Gasteiger partial charge in [-0.3, -0.25) is 39.0 Å². The summed E-state index contributed by atoms with van der Waals surface area (Å²) in [5.41, 5.74) is 6.02. The van der Waals surface area contributed by atoms with Crippen LogP contribution in [0.3, 0.4) is 0 Å². The van der Waals surface area contributed by atoms with Crippen molar-refractivity contribution in [3.05, 3.63) is 29.3 Å². The number of rotatable bonds is 15. The van der Waals surface area contributed by atoms with Crippen molar-refractivity contribution in [1.82, 2.24) is 25.8 Å². The van der Waals surface area contributed by atoms with Gasteiger partial charge in [-0.2, -0.15) is 0 Å². The van der Waals surface area contributed by atoms with E-state index in [-0.39, 0.29) is 48.1 Å². The number of fused-ring (bicyclic) bond motifs is 1. The molecule has 13 nitrogen and oxygen atoms in total. The number of nitrogens with two attached hydrogens (primary N) is 1. The number of carbonyl (C=O) groups is 6. The molecule has 1 aromatic rings. The lowest BCUT2D eigenvalue weighted by Gasteiger charge is -2.29. The van der Waals surface area contributed by atoms with Crippen LogP contribution in [-0.2, 0) is 19.2 Å². The van der Waals surface area contributed by atoms with Crippen LogP contribution >= 0.6 is 0 Å². The Kier molecular flexibility index (Phi) is 11.6. The smallest absolute Gasteiger partial charge is 0.266 e. The molecule has 6 amide bonds. The largest absolute Gasteiger partial charge is 0.483 e. The number of nitrogens with one attached hydrogen (secondary N) is 3. The molecule has 2 fully saturated rings. The molecule has 3 heterocycles. The third-order valence-electron chi connectivity index (χ3n) is 8.07. The van der Waals surface area contributed by atoms with Crippen molar-refractivity contribution in [2.75, 3.05) is 39.3 Å². The van der Waals surface area contributed by atoms with Crippen LogP contribution in [0, 0.1) is 0 Å². The first-order valence-electron chi connectivity index (χ1n) is 15.2. The number of likely N-dealkylation sites (tertiary alicyclic amines) is 1. The number of nitrogens with zero attached hydrogens (tertiary/aromatic N) is 2. The number of hydrogen-bond donors (Lipinski definition) is 4. The summed E-state index contributed by atoms with van der Waals surface area (Å²) in [4.78, 5) is 77.3. The number of benzene rings is 1. The Labute approximate surface area is 251 Å². The highest BCUT2D eigenvalue weighted by Gasteiger charge is 2.46. The van der Waals surface area contributed by atoms with Crippen LogP contribution in [-0.4, -0.2) is 96.7 Å². The van der Waals surface area contributed by atoms with E-state index >= 15 is 0 Å². The fraction of sp³-hybridized carbons (Fsp3) is 0.600. The number of unbranched alkanes of at least 4 members (excludes halogenated alkanes) is 4. The van der Waals surface area contributed by atoms with Gasteiger partial charge in [-0.15, -0.1) is 0 Å². The summed E-state index contributed by atoms with van der Waals surface area (Å²) in [5, 5.41) is 7.94. The summed E-state index contributed by atoms with van der Waals surface area (Å²) < 4.78 is 5.60. The molecule has 0 radical (unpaired) electrons. The second kappa shape index (κ2) is 15.6. The zero-order valence-electron chi connectivity index (χ0n) is 24.5. The van der Waals surface area contributed by atoms with Crippen molar-refractivity contribution in [1.29, 1.82) is 0 Å². The lowest BCUT2D eigenvalue weighted by molar-refractivity contribution is -0.136. The van der Waals surface area contributed by atoms with Crippen LogP contribution in [0.1, 0.15) is 84.9 Å². The van der Waals surface area contributed by atoms with Crippen LogP contribution in [0.4, 0.5) is 0 Å². The normalized spacial score (nSPS) is 19.3. The third kappa shape index (κ3) is 8.83. The predicted octanol–water partition coefficient (Wildman–Crippen LogP) is 0.463. The first-order valence-corrected chi connectivity index (χ1v) is 15.2. The molecule has 0 aromatic heterocycles. The van der Waals surface area contributed by atoms with E-state index < -0.39 is 29.7 Å². The first-order chi connectivity index (χ1) is 20.7. The van der Waals surface area contributed by atoms with Crippen LogP contribution in [0.15, 0.2) is 18.2 Å². The number of imide groups is 2. The number of amides is 6. The predicted molar refractivity (Wildman–Crippen MR) is 156 cm³/mol. The van der Waals surface area contributed by atoms with Gasteiger partial charge in [0.05, 0.1) is 11.1 Å². The lowest BCUT2D eigenvalue weighted by Crippen LogP contribution is -2.54. The van der Waals surface area contributed by atoms with Crippen molar-refractivity contribution in [3.63, 3.8) is 0 Å². The van der Waals surface area contributed by atoms with Gasteiger partial charge in [0, 0.05) is 38.5 Å². The van der Waals surface area contributed by atoms with Crippen molar-refractivity contribution < 1.29 is 33.5 Å². The van der Waals surface area contributed by atoms with Gasteiger partial charge in [0.2, 0.25) is 17.7 Å². The second-order valence-corrected chi connectivity index (χ2v) is 11.3. The molecule has 1 aromatic carbocycles. The molecule has 0 bridgehead atoms. The molecule has 234 valence electrons. The van der Waals surface area contributed by atoms with E-state index in [2.05, 4.69) is 20.9 Å². The number of ether oxygens (including phenoxy) is 1. The van der Waals surface area contributed by atoms with E-state index in [4.69, 9.17) is 10.5 Å². The molecule has 43 heavy (non-hydrogen) atoms. The Morgan fingerprint density at radius 1 is 0.907 bits per heavy atom. The molecule has 1 unspecified atom stereocenters. The molecule has 0 saturated carbocycles. The summed E-state index contributed by atoms with van der Waals surface area (Å²) in [6.45, 7) is 3.53. The summed E-state index contributed by atoms with van der Waals surface area (Å²) >= 11 is 0. The zero-order chi connectivity index (χ0) is 30.8. The standard InChI is InChI=1S/C30H42N6O7/c31-20-11-16-35(17-12-20)18-13-24(37)32-14-4-2-1-3-5-15-33-26(39)19-43-23-8-6-7-21-27(23)30(42)36(29(21)41)22-9-10-25(38)34-28(22)40/h6-8,20,22H,1-5,9-19,31H2,(H,32,37)(H,33,39)(H,34,38,40). The fourth-order valence-electron chi connectivity index (χ4n) is 5.56. The minimum Gasteiger partial charge on any atom is -0.483 e. The summed E-state index contributed by atoms with van der Waals surface area (Å²) in [6, 6.07) is 3.73. The fourth-order valence-corrected chi connectivity index (χ4v) is 5.56. The molecular formula is C30H42N6O7. The molecule has 13 heteroatoms.